The molecule has 0 amide bonds. The van der Waals surface area contributed by atoms with Gasteiger partial charge >= 0.3 is 12.4 Å². The first kappa shape index (κ1) is 27.8. The van der Waals surface area contributed by atoms with Crippen molar-refractivity contribution in [3.63, 3.8) is 0 Å². The third-order valence-electron chi connectivity index (χ3n) is 4.46. The first-order valence-corrected chi connectivity index (χ1v) is 12.0. The van der Waals surface area contributed by atoms with E-state index in [1.165, 1.54) is 29.0 Å². The smallest absolute Gasteiger partial charge is 0.368 e. The molecule has 0 saturated heterocycles. The Morgan fingerprint density at radius 2 is 1.56 bits per heavy atom. The van der Waals surface area contributed by atoms with Gasteiger partial charge in [-0.15, -0.1) is 0 Å². The molecule has 0 spiro atoms. The number of anilines is 1. The van der Waals surface area contributed by atoms with E-state index in [2.05, 4.69) is 20.0 Å². The van der Waals surface area contributed by atoms with Crippen LogP contribution in [0.5, 0.6) is 0 Å². The van der Waals surface area contributed by atoms with Crippen LogP contribution >= 0.6 is 23.2 Å². The number of nitrogens with zero attached hydrogens (tertiary/aromatic N) is 3. The van der Waals surface area contributed by atoms with E-state index in [0.29, 0.717) is 24.5 Å². The number of nitrogens with one attached hydrogen (secondary N) is 2. The average Bonchev–Trinajstić information content (AvgIpc) is 3.23. The second-order valence-corrected chi connectivity index (χ2v) is 9.52. The third kappa shape index (κ3) is 7.12. The molecule has 0 aromatic carbocycles. The van der Waals surface area contributed by atoms with Crippen LogP contribution in [0.25, 0.3) is 11.9 Å². The molecule has 16 heteroatoms. The number of hydrogen-bond donors (Lipinski definition) is 2. The fourth-order valence-electron chi connectivity index (χ4n) is 2.79. The van der Waals surface area contributed by atoms with Gasteiger partial charge in [-0.05, 0) is 30.3 Å². The molecule has 0 radical (unpaired) electrons. The van der Waals surface area contributed by atoms with Gasteiger partial charge in [-0.2, -0.15) is 26.3 Å². The number of pyridine rings is 2. The molecule has 7 nitrogen and oxygen atoms in total. The topological polar surface area (TPSA) is 88.9 Å². The zero-order chi connectivity index (χ0) is 26.7. The van der Waals surface area contributed by atoms with E-state index in [1.54, 1.807) is 0 Å². The molecular formula is C20H15Cl2F6N5O2S. The normalized spacial score (nSPS) is 12.9. The lowest BCUT2D eigenvalue weighted by molar-refractivity contribution is -0.138. The summed E-state index contributed by atoms with van der Waals surface area (Å²) in [4.78, 5) is 7.31. The highest BCUT2D eigenvalue weighted by molar-refractivity contribution is 7.92. The van der Waals surface area contributed by atoms with Gasteiger partial charge in [0.1, 0.15) is 5.82 Å². The SMILES string of the molecule is O=S(=O)(C=Cc1cccn1-c1ncc(C(F)(F)F)cc1Cl)NCCNc1ncc(C(F)(F)F)cc1Cl. The van der Waals surface area contributed by atoms with Crippen molar-refractivity contribution in [1.82, 2.24) is 19.3 Å². The van der Waals surface area contributed by atoms with E-state index in [1.807, 2.05) is 0 Å². The largest absolute Gasteiger partial charge is 0.417 e. The fraction of sp³-hybridized carbons (Fsp3) is 0.200. The van der Waals surface area contributed by atoms with Crippen LogP contribution in [0.4, 0.5) is 32.2 Å². The Bertz CT molecular complexity index is 1370. The van der Waals surface area contributed by atoms with E-state index < -0.39 is 33.5 Å². The highest BCUT2D eigenvalue weighted by atomic mass is 35.5. The second kappa shape index (κ2) is 10.7. The second-order valence-electron chi connectivity index (χ2n) is 7.05. The maximum Gasteiger partial charge on any atom is 0.417 e. The molecule has 0 bridgehead atoms. The van der Waals surface area contributed by atoms with Crippen LogP contribution in [0.15, 0.2) is 48.3 Å². The van der Waals surface area contributed by atoms with Crippen molar-refractivity contribution in [3.8, 4) is 5.82 Å². The van der Waals surface area contributed by atoms with E-state index in [9.17, 15) is 34.8 Å². The molecular weight excluding hydrogens is 559 g/mol. The average molecular weight is 574 g/mol. The minimum absolute atomic E-state index is 0.0372. The molecule has 0 aliphatic rings. The summed E-state index contributed by atoms with van der Waals surface area (Å²) in [6.07, 6.45) is -5.42. The van der Waals surface area contributed by atoms with Crippen molar-refractivity contribution in [2.45, 2.75) is 12.4 Å². The molecule has 194 valence electrons. The maximum atomic E-state index is 12.8. The van der Waals surface area contributed by atoms with Crippen molar-refractivity contribution < 1.29 is 34.8 Å². The lowest BCUT2D eigenvalue weighted by Gasteiger charge is -2.11. The Morgan fingerprint density at radius 1 is 0.944 bits per heavy atom. The van der Waals surface area contributed by atoms with E-state index in [0.717, 1.165) is 5.41 Å². The van der Waals surface area contributed by atoms with Gasteiger partial charge in [-0.3, -0.25) is 0 Å². The number of sulfonamides is 1. The van der Waals surface area contributed by atoms with E-state index in [-0.39, 0.29) is 40.5 Å². The predicted octanol–water partition coefficient (Wildman–Crippen LogP) is 5.61. The summed E-state index contributed by atoms with van der Waals surface area (Å²) in [6.45, 7) is -0.217. The van der Waals surface area contributed by atoms with Crippen LogP contribution in [0, 0.1) is 0 Å². The van der Waals surface area contributed by atoms with E-state index >= 15 is 0 Å². The summed E-state index contributed by atoms with van der Waals surface area (Å²) in [5.74, 6) is -0.0945. The Labute approximate surface area is 210 Å². The first-order valence-electron chi connectivity index (χ1n) is 9.72. The number of halogens is 8. The van der Waals surface area contributed by atoms with Crippen molar-refractivity contribution in [2.75, 3.05) is 18.4 Å². The fourth-order valence-corrected chi connectivity index (χ4v) is 4.08. The molecule has 3 aromatic heterocycles. The Hall–Kier alpha value is -2.81. The molecule has 0 unspecified atom stereocenters. The van der Waals surface area contributed by atoms with Crippen LogP contribution in [-0.4, -0.2) is 36.0 Å². The molecule has 3 rings (SSSR count). The summed E-state index contributed by atoms with van der Waals surface area (Å²) < 4.78 is 105. The standard InChI is InChI=1S/C20H15Cl2F6N5O2S/c21-15-8-12(19(23,24)25)10-30-17(15)29-4-5-32-36(34,35)7-3-14-2-1-6-33(14)18-16(22)9-13(11-31-18)20(26,27)28/h1-3,6-11,32H,4-5H2,(H,29,30). The van der Waals surface area contributed by atoms with Crippen molar-refractivity contribution in [1.29, 1.82) is 0 Å². The van der Waals surface area contributed by atoms with Crippen molar-refractivity contribution in [2.24, 2.45) is 0 Å². The van der Waals surface area contributed by atoms with Crippen LogP contribution in [0.2, 0.25) is 10.0 Å². The van der Waals surface area contributed by atoms with Gasteiger partial charge < -0.3 is 9.88 Å². The predicted molar refractivity (Wildman–Crippen MR) is 122 cm³/mol. The summed E-state index contributed by atoms with van der Waals surface area (Å²) in [7, 11) is -3.97. The summed E-state index contributed by atoms with van der Waals surface area (Å²) in [5, 5.41) is 2.86. The minimum atomic E-state index is -4.63. The highest BCUT2D eigenvalue weighted by Crippen LogP contribution is 2.33. The highest BCUT2D eigenvalue weighted by Gasteiger charge is 2.32. The van der Waals surface area contributed by atoms with Gasteiger partial charge in [0.05, 0.1) is 21.2 Å². The maximum absolute atomic E-state index is 12.8. The van der Waals surface area contributed by atoms with Crippen LogP contribution in [0.3, 0.4) is 0 Å². The monoisotopic (exact) mass is 573 g/mol. The van der Waals surface area contributed by atoms with Gasteiger partial charge in [0, 0.05) is 42.8 Å². The summed E-state index contributed by atoms with van der Waals surface area (Å²) >= 11 is 11.7. The van der Waals surface area contributed by atoms with E-state index in [4.69, 9.17) is 23.2 Å². The van der Waals surface area contributed by atoms with Crippen LogP contribution < -0.4 is 10.0 Å². The lowest BCUT2D eigenvalue weighted by atomic mass is 10.2. The third-order valence-corrected chi connectivity index (χ3v) is 6.13. The van der Waals surface area contributed by atoms with Gasteiger partial charge in [-0.1, -0.05) is 23.2 Å². The van der Waals surface area contributed by atoms with Crippen LogP contribution in [-0.2, 0) is 22.4 Å². The Kier molecular flexibility index (Phi) is 8.23. The van der Waals surface area contributed by atoms with Crippen molar-refractivity contribution >= 4 is 45.1 Å². The molecule has 0 aliphatic heterocycles. The molecule has 2 N–H and O–H groups in total. The number of rotatable bonds is 8. The van der Waals surface area contributed by atoms with Gasteiger partial charge in [0.25, 0.3) is 0 Å². The Morgan fingerprint density at radius 3 is 2.14 bits per heavy atom. The Balaban J connectivity index is 1.62. The van der Waals surface area contributed by atoms with Gasteiger partial charge in [0.15, 0.2) is 5.82 Å². The molecule has 36 heavy (non-hydrogen) atoms. The zero-order valence-corrected chi connectivity index (χ0v) is 20.0. The number of hydrogen-bond acceptors (Lipinski definition) is 5. The summed E-state index contributed by atoms with van der Waals surface area (Å²) in [6, 6.07) is 4.40. The first-order chi connectivity index (χ1) is 16.7. The molecule has 0 saturated carbocycles. The number of alkyl halides is 6. The van der Waals surface area contributed by atoms with Gasteiger partial charge in [0.2, 0.25) is 10.0 Å². The zero-order valence-electron chi connectivity index (χ0n) is 17.7. The van der Waals surface area contributed by atoms with Crippen molar-refractivity contribution in [3.05, 3.63) is 75.1 Å². The van der Waals surface area contributed by atoms with Crippen LogP contribution in [0.1, 0.15) is 16.8 Å². The molecule has 3 heterocycles. The van der Waals surface area contributed by atoms with Gasteiger partial charge in [-0.25, -0.2) is 23.1 Å². The molecule has 0 fully saturated rings. The lowest BCUT2D eigenvalue weighted by Crippen LogP contribution is -2.27. The molecule has 3 aromatic rings. The molecule has 0 aliphatic carbocycles. The minimum Gasteiger partial charge on any atom is -0.368 e. The molecule has 0 atom stereocenters. The summed E-state index contributed by atoms with van der Waals surface area (Å²) in [5.41, 5.74) is -1.80. The number of aromatic nitrogens is 3. The quantitative estimate of drug-likeness (QED) is 0.270.